The molecule has 3 heteroatoms. The van der Waals surface area contributed by atoms with E-state index in [1.165, 1.54) is 11.1 Å². The molecule has 3 nitrogen and oxygen atoms in total. The average Bonchev–Trinajstić information content (AvgIpc) is 2.47. The zero-order valence-corrected chi connectivity index (χ0v) is 11.5. The van der Waals surface area contributed by atoms with Crippen molar-refractivity contribution in [2.45, 2.75) is 32.6 Å². The van der Waals surface area contributed by atoms with E-state index < -0.39 is 0 Å². The van der Waals surface area contributed by atoms with Crippen molar-refractivity contribution in [1.29, 1.82) is 0 Å². The number of hydrogen-bond donors (Lipinski definition) is 1. The van der Waals surface area contributed by atoms with Crippen molar-refractivity contribution in [1.82, 2.24) is 9.97 Å². The van der Waals surface area contributed by atoms with Crippen molar-refractivity contribution < 1.29 is 0 Å². The van der Waals surface area contributed by atoms with E-state index in [0.29, 0.717) is 0 Å². The number of aryl methyl sites for hydroxylation is 2. The Hall–Kier alpha value is -1.74. The summed E-state index contributed by atoms with van der Waals surface area (Å²) in [6.07, 6.45) is 5.69. The van der Waals surface area contributed by atoms with Crippen LogP contribution in [0.15, 0.2) is 36.5 Å². The van der Waals surface area contributed by atoms with E-state index in [-0.39, 0.29) is 0 Å². The van der Waals surface area contributed by atoms with Crippen molar-refractivity contribution in [3.63, 3.8) is 0 Å². The molecule has 0 bridgehead atoms. The molecule has 0 unspecified atom stereocenters. The minimum absolute atomic E-state index is 0.717. The third-order valence-corrected chi connectivity index (χ3v) is 3.19. The Kier molecular flexibility index (Phi) is 5.04. The van der Waals surface area contributed by atoms with Crippen LogP contribution in [0.1, 0.15) is 36.0 Å². The van der Waals surface area contributed by atoms with Crippen LogP contribution in [0.5, 0.6) is 0 Å². The Bertz CT molecular complexity index is 509. The minimum Gasteiger partial charge on any atom is -0.330 e. The lowest BCUT2D eigenvalue weighted by Gasteiger charge is -2.08. The first kappa shape index (κ1) is 13.7. The van der Waals surface area contributed by atoms with E-state index in [1.54, 1.807) is 0 Å². The molecule has 2 rings (SSSR count). The predicted molar refractivity (Wildman–Crippen MR) is 78.0 cm³/mol. The maximum Gasteiger partial charge on any atom is 0.132 e. The molecule has 0 spiro atoms. The number of nitrogens with zero attached hydrogens (tertiary/aromatic N) is 2. The summed E-state index contributed by atoms with van der Waals surface area (Å²) < 4.78 is 0. The van der Waals surface area contributed by atoms with E-state index in [0.717, 1.165) is 43.7 Å². The summed E-state index contributed by atoms with van der Waals surface area (Å²) in [4.78, 5) is 9.17. The maximum absolute atomic E-state index is 5.56. The van der Waals surface area contributed by atoms with Gasteiger partial charge in [0.05, 0.1) is 0 Å². The molecule has 0 aliphatic carbocycles. The summed E-state index contributed by atoms with van der Waals surface area (Å²) in [5, 5.41) is 0. The summed E-state index contributed by atoms with van der Waals surface area (Å²) in [6, 6.07) is 10.3. The smallest absolute Gasteiger partial charge is 0.132 e. The summed E-state index contributed by atoms with van der Waals surface area (Å²) in [5.41, 5.74) is 9.21. The summed E-state index contributed by atoms with van der Waals surface area (Å²) in [7, 11) is 0. The standard InChI is InChI=1S/C16H21N3/c1-2-15-14(9-6-10-17)12-18-16(19-15)11-13-7-4-3-5-8-13/h3-5,7-8,12H,2,6,9-11,17H2,1H3. The minimum atomic E-state index is 0.717. The van der Waals surface area contributed by atoms with E-state index in [2.05, 4.69) is 29.0 Å². The second-order valence-electron chi connectivity index (χ2n) is 4.67. The Morgan fingerprint density at radius 2 is 1.95 bits per heavy atom. The first-order valence-electron chi connectivity index (χ1n) is 6.91. The van der Waals surface area contributed by atoms with Gasteiger partial charge in [-0.25, -0.2) is 9.97 Å². The molecule has 0 aliphatic rings. The van der Waals surface area contributed by atoms with Crippen LogP contribution in [0.25, 0.3) is 0 Å². The van der Waals surface area contributed by atoms with Gasteiger partial charge in [-0.15, -0.1) is 0 Å². The lowest BCUT2D eigenvalue weighted by molar-refractivity contribution is 0.790. The highest BCUT2D eigenvalue weighted by molar-refractivity contribution is 5.22. The van der Waals surface area contributed by atoms with Crippen molar-refractivity contribution in [3.05, 3.63) is 59.2 Å². The summed E-state index contributed by atoms with van der Waals surface area (Å²) >= 11 is 0. The quantitative estimate of drug-likeness (QED) is 0.863. The zero-order chi connectivity index (χ0) is 13.5. The van der Waals surface area contributed by atoms with Crippen molar-refractivity contribution in [2.24, 2.45) is 5.73 Å². The lowest BCUT2D eigenvalue weighted by Crippen LogP contribution is -2.07. The fourth-order valence-electron chi connectivity index (χ4n) is 2.15. The average molecular weight is 255 g/mol. The van der Waals surface area contributed by atoms with Gasteiger partial charge in [0.2, 0.25) is 0 Å². The number of hydrogen-bond acceptors (Lipinski definition) is 3. The Morgan fingerprint density at radius 1 is 1.16 bits per heavy atom. The monoisotopic (exact) mass is 255 g/mol. The van der Waals surface area contributed by atoms with Gasteiger partial charge in [0.25, 0.3) is 0 Å². The van der Waals surface area contributed by atoms with E-state index in [9.17, 15) is 0 Å². The molecule has 0 radical (unpaired) electrons. The van der Waals surface area contributed by atoms with E-state index in [1.807, 2.05) is 24.4 Å². The molecular weight excluding hydrogens is 234 g/mol. The largest absolute Gasteiger partial charge is 0.330 e. The van der Waals surface area contributed by atoms with Crippen LogP contribution in [0.2, 0.25) is 0 Å². The highest BCUT2D eigenvalue weighted by atomic mass is 14.9. The van der Waals surface area contributed by atoms with Gasteiger partial charge in [-0.05, 0) is 36.9 Å². The van der Waals surface area contributed by atoms with Crippen molar-refractivity contribution in [2.75, 3.05) is 6.54 Å². The van der Waals surface area contributed by atoms with E-state index >= 15 is 0 Å². The molecule has 2 aromatic rings. The topological polar surface area (TPSA) is 51.8 Å². The molecule has 1 aromatic carbocycles. The van der Waals surface area contributed by atoms with Gasteiger partial charge in [0, 0.05) is 18.3 Å². The van der Waals surface area contributed by atoms with Crippen LogP contribution in [0.4, 0.5) is 0 Å². The predicted octanol–water partition coefficient (Wildman–Crippen LogP) is 2.52. The van der Waals surface area contributed by atoms with Crippen LogP contribution < -0.4 is 5.73 Å². The maximum atomic E-state index is 5.56. The Labute approximate surface area is 114 Å². The van der Waals surface area contributed by atoms with Gasteiger partial charge >= 0.3 is 0 Å². The number of rotatable bonds is 6. The highest BCUT2D eigenvalue weighted by Crippen LogP contribution is 2.11. The fraction of sp³-hybridized carbons (Fsp3) is 0.375. The van der Waals surface area contributed by atoms with E-state index in [4.69, 9.17) is 5.73 Å². The second kappa shape index (κ2) is 7.00. The first-order chi connectivity index (χ1) is 9.33. The van der Waals surface area contributed by atoms with Crippen molar-refractivity contribution >= 4 is 0 Å². The molecular formula is C16H21N3. The number of aromatic nitrogens is 2. The van der Waals surface area contributed by atoms with Crippen LogP contribution in [-0.4, -0.2) is 16.5 Å². The van der Waals surface area contributed by atoms with Crippen LogP contribution in [-0.2, 0) is 19.3 Å². The summed E-state index contributed by atoms with van der Waals surface area (Å²) in [5.74, 6) is 0.902. The normalized spacial score (nSPS) is 10.6. The van der Waals surface area contributed by atoms with Crippen LogP contribution in [0, 0.1) is 0 Å². The molecule has 0 atom stereocenters. The second-order valence-corrected chi connectivity index (χ2v) is 4.67. The fourth-order valence-corrected chi connectivity index (χ4v) is 2.15. The third kappa shape index (κ3) is 3.86. The van der Waals surface area contributed by atoms with Crippen LogP contribution in [0.3, 0.4) is 0 Å². The third-order valence-electron chi connectivity index (χ3n) is 3.19. The molecule has 0 fully saturated rings. The molecule has 100 valence electrons. The van der Waals surface area contributed by atoms with Gasteiger partial charge in [0.1, 0.15) is 5.82 Å². The van der Waals surface area contributed by atoms with Gasteiger partial charge in [-0.2, -0.15) is 0 Å². The van der Waals surface area contributed by atoms with Gasteiger partial charge in [0.15, 0.2) is 0 Å². The zero-order valence-electron chi connectivity index (χ0n) is 11.5. The lowest BCUT2D eigenvalue weighted by atomic mass is 10.1. The Morgan fingerprint density at radius 3 is 2.63 bits per heavy atom. The molecule has 0 saturated heterocycles. The molecule has 2 N–H and O–H groups in total. The first-order valence-corrected chi connectivity index (χ1v) is 6.91. The SMILES string of the molecule is CCc1nc(Cc2ccccc2)ncc1CCCN. The number of benzene rings is 1. The van der Waals surface area contributed by atoms with Gasteiger partial charge in [-0.1, -0.05) is 37.3 Å². The van der Waals surface area contributed by atoms with Gasteiger partial charge in [-0.3, -0.25) is 0 Å². The van der Waals surface area contributed by atoms with Crippen LogP contribution >= 0.6 is 0 Å². The molecule has 1 heterocycles. The molecule has 1 aromatic heterocycles. The molecule has 0 amide bonds. The molecule has 19 heavy (non-hydrogen) atoms. The number of nitrogens with two attached hydrogens (primary N) is 1. The Balaban J connectivity index is 2.14. The summed E-state index contributed by atoms with van der Waals surface area (Å²) in [6.45, 7) is 2.86. The molecule has 0 saturated carbocycles. The van der Waals surface area contributed by atoms with Crippen molar-refractivity contribution in [3.8, 4) is 0 Å². The molecule has 0 aliphatic heterocycles. The highest BCUT2D eigenvalue weighted by Gasteiger charge is 2.06. The van der Waals surface area contributed by atoms with Gasteiger partial charge < -0.3 is 5.73 Å².